The first kappa shape index (κ1) is 16.0. The molecule has 0 saturated carbocycles. The number of fused-ring (bicyclic) bond motifs is 1. The first-order chi connectivity index (χ1) is 12.0. The minimum absolute atomic E-state index is 0.0792. The van der Waals surface area contributed by atoms with Gasteiger partial charge in [0.15, 0.2) is 5.58 Å². The number of rotatable bonds is 2. The molecule has 1 unspecified atom stereocenters. The standard InChI is InChI=1S/C17H14F3N3O2/c18-17(19,20)15-8-11(3-4-22-15)16-23-12-2-1-10(7-13(12)25-16)14-9-21-5-6-24-14/h1-4,7-8,14,21H,5-6,9H2. The second kappa shape index (κ2) is 6.12. The molecule has 8 heteroatoms. The van der Waals surface area contributed by atoms with Gasteiger partial charge in [-0.05, 0) is 29.8 Å². The Morgan fingerprint density at radius 1 is 1.16 bits per heavy atom. The van der Waals surface area contributed by atoms with E-state index in [9.17, 15) is 13.2 Å². The highest BCUT2D eigenvalue weighted by Crippen LogP contribution is 2.32. The van der Waals surface area contributed by atoms with Gasteiger partial charge >= 0.3 is 6.18 Å². The van der Waals surface area contributed by atoms with E-state index in [-0.39, 0.29) is 17.6 Å². The smallest absolute Gasteiger partial charge is 0.433 e. The van der Waals surface area contributed by atoms with E-state index < -0.39 is 11.9 Å². The number of morpholine rings is 1. The third-order valence-corrected chi connectivity index (χ3v) is 4.01. The van der Waals surface area contributed by atoms with Gasteiger partial charge in [-0.25, -0.2) is 4.98 Å². The van der Waals surface area contributed by atoms with Crippen LogP contribution in [0.2, 0.25) is 0 Å². The lowest BCUT2D eigenvalue weighted by molar-refractivity contribution is -0.141. The molecule has 0 bridgehead atoms. The molecule has 4 rings (SSSR count). The molecule has 1 aliphatic heterocycles. The van der Waals surface area contributed by atoms with E-state index in [1.807, 2.05) is 12.1 Å². The van der Waals surface area contributed by atoms with E-state index in [0.717, 1.165) is 24.4 Å². The molecule has 0 amide bonds. The fourth-order valence-electron chi connectivity index (χ4n) is 2.76. The van der Waals surface area contributed by atoms with E-state index >= 15 is 0 Å². The third-order valence-electron chi connectivity index (χ3n) is 4.01. The Morgan fingerprint density at radius 3 is 2.80 bits per heavy atom. The predicted molar refractivity (Wildman–Crippen MR) is 83.8 cm³/mol. The van der Waals surface area contributed by atoms with Crippen molar-refractivity contribution in [2.45, 2.75) is 12.3 Å². The fraction of sp³-hybridized carbons (Fsp3) is 0.294. The van der Waals surface area contributed by atoms with Gasteiger partial charge in [0.25, 0.3) is 0 Å². The van der Waals surface area contributed by atoms with Crippen LogP contribution in [0.4, 0.5) is 13.2 Å². The number of oxazole rings is 1. The fourth-order valence-corrected chi connectivity index (χ4v) is 2.76. The Balaban J connectivity index is 1.69. The monoisotopic (exact) mass is 349 g/mol. The number of nitrogens with zero attached hydrogens (tertiary/aromatic N) is 2. The van der Waals surface area contributed by atoms with Crippen molar-refractivity contribution in [3.05, 3.63) is 47.8 Å². The highest BCUT2D eigenvalue weighted by Gasteiger charge is 2.32. The van der Waals surface area contributed by atoms with Crippen LogP contribution in [0.3, 0.4) is 0 Å². The molecule has 1 fully saturated rings. The van der Waals surface area contributed by atoms with Gasteiger partial charge in [-0.15, -0.1) is 0 Å². The number of benzene rings is 1. The zero-order chi connectivity index (χ0) is 17.4. The first-order valence-electron chi connectivity index (χ1n) is 7.77. The Morgan fingerprint density at radius 2 is 2.04 bits per heavy atom. The van der Waals surface area contributed by atoms with E-state index in [0.29, 0.717) is 24.3 Å². The summed E-state index contributed by atoms with van der Waals surface area (Å²) in [5.41, 5.74) is 1.28. The molecule has 1 N–H and O–H groups in total. The Bertz CT molecular complexity index is 902. The van der Waals surface area contributed by atoms with E-state index in [1.165, 1.54) is 6.07 Å². The average Bonchev–Trinajstić information content (AvgIpc) is 3.05. The van der Waals surface area contributed by atoms with Crippen LogP contribution in [0.25, 0.3) is 22.6 Å². The van der Waals surface area contributed by atoms with Gasteiger partial charge in [-0.3, -0.25) is 4.98 Å². The number of ether oxygens (including phenoxy) is 1. The highest BCUT2D eigenvalue weighted by molar-refractivity contribution is 5.77. The summed E-state index contributed by atoms with van der Waals surface area (Å²) in [6.45, 7) is 2.14. The molecule has 5 nitrogen and oxygen atoms in total. The number of aromatic nitrogens is 2. The van der Waals surface area contributed by atoms with Gasteiger partial charge in [-0.1, -0.05) is 6.07 Å². The van der Waals surface area contributed by atoms with E-state index in [1.54, 1.807) is 6.07 Å². The molecule has 0 spiro atoms. The van der Waals surface area contributed by atoms with Crippen molar-refractivity contribution in [3.8, 4) is 11.5 Å². The molecule has 1 aliphatic rings. The van der Waals surface area contributed by atoms with Crippen LogP contribution >= 0.6 is 0 Å². The quantitative estimate of drug-likeness (QED) is 0.766. The van der Waals surface area contributed by atoms with Crippen LogP contribution in [-0.2, 0) is 10.9 Å². The largest absolute Gasteiger partial charge is 0.436 e. The summed E-state index contributed by atoms with van der Waals surface area (Å²) in [6.07, 6.45) is -3.50. The van der Waals surface area contributed by atoms with Crippen LogP contribution in [0.1, 0.15) is 17.4 Å². The predicted octanol–water partition coefficient (Wildman–Crippen LogP) is 3.57. The molecular formula is C17H14F3N3O2. The molecule has 0 aliphatic carbocycles. The topological polar surface area (TPSA) is 60.2 Å². The summed E-state index contributed by atoms with van der Waals surface area (Å²) in [5.74, 6) is 0.128. The second-order valence-corrected chi connectivity index (χ2v) is 5.74. The number of pyridine rings is 1. The van der Waals surface area contributed by atoms with Crippen LogP contribution < -0.4 is 5.32 Å². The maximum absolute atomic E-state index is 12.8. The van der Waals surface area contributed by atoms with Gasteiger partial charge in [0, 0.05) is 24.8 Å². The van der Waals surface area contributed by atoms with Crippen molar-refractivity contribution in [1.29, 1.82) is 0 Å². The van der Waals surface area contributed by atoms with Gasteiger partial charge in [0.2, 0.25) is 5.89 Å². The van der Waals surface area contributed by atoms with Gasteiger partial charge < -0.3 is 14.5 Å². The van der Waals surface area contributed by atoms with Crippen LogP contribution in [0.5, 0.6) is 0 Å². The highest BCUT2D eigenvalue weighted by atomic mass is 19.4. The normalized spacial score (nSPS) is 18.6. The van der Waals surface area contributed by atoms with Crippen molar-refractivity contribution < 1.29 is 22.3 Å². The summed E-state index contributed by atoms with van der Waals surface area (Å²) in [4.78, 5) is 7.62. The minimum Gasteiger partial charge on any atom is -0.436 e. The molecular weight excluding hydrogens is 335 g/mol. The van der Waals surface area contributed by atoms with Crippen LogP contribution in [-0.4, -0.2) is 29.7 Å². The maximum atomic E-state index is 12.8. The molecule has 1 saturated heterocycles. The summed E-state index contributed by atoms with van der Waals surface area (Å²) in [7, 11) is 0. The third kappa shape index (κ3) is 3.22. The van der Waals surface area contributed by atoms with Crippen LogP contribution in [0, 0.1) is 0 Å². The molecule has 2 aromatic heterocycles. The number of nitrogens with one attached hydrogen (secondary N) is 1. The van der Waals surface area contributed by atoms with Gasteiger partial charge in [0.05, 0.1) is 12.7 Å². The first-order valence-corrected chi connectivity index (χ1v) is 7.77. The van der Waals surface area contributed by atoms with Crippen molar-refractivity contribution in [2.75, 3.05) is 19.7 Å². The van der Waals surface area contributed by atoms with E-state index in [2.05, 4.69) is 15.3 Å². The van der Waals surface area contributed by atoms with Crippen molar-refractivity contribution in [1.82, 2.24) is 15.3 Å². The second-order valence-electron chi connectivity index (χ2n) is 5.74. The Hall–Kier alpha value is -2.45. The lowest BCUT2D eigenvalue weighted by Crippen LogP contribution is -2.33. The molecule has 1 atom stereocenters. The molecule has 130 valence electrons. The molecule has 1 aromatic carbocycles. The van der Waals surface area contributed by atoms with Crippen LogP contribution in [0.15, 0.2) is 40.9 Å². The number of alkyl halides is 3. The summed E-state index contributed by atoms with van der Waals surface area (Å²) < 4.78 is 49.8. The van der Waals surface area contributed by atoms with Crippen molar-refractivity contribution >= 4 is 11.1 Å². The molecule has 3 heterocycles. The zero-order valence-electron chi connectivity index (χ0n) is 13.0. The lowest BCUT2D eigenvalue weighted by Gasteiger charge is -2.23. The average molecular weight is 349 g/mol. The Labute approximate surface area is 140 Å². The lowest BCUT2D eigenvalue weighted by atomic mass is 10.1. The van der Waals surface area contributed by atoms with Crippen molar-refractivity contribution in [2.24, 2.45) is 0 Å². The maximum Gasteiger partial charge on any atom is 0.433 e. The Kier molecular flexibility index (Phi) is 3.93. The molecule has 25 heavy (non-hydrogen) atoms. The number of hydrogen-bond donors (Lipinski definition) is 1. The number of halogens is 3. The van der Waals surface area contributed by atoms with Gasteiger partial charge in [-0.2, -0.15) is 13.2 Å². The zero-order valence-corrected chi connectivity index (χ0v) is 13.0. The SMILES string of the molecule is FC(F)(F)c1cc(-c2nc3ccc(C4CNCCO4)cc3o2)ccn1. The minimum atomic E-state index is -4.51. The summed E-state index contributed by atoms with van der Waals surface area (Å²) in [5, 5.41) is 3.25. The summed E-state index contributed by atoms with van der Waals surface area (Å²) >= 11 is 0. The van der Waals surface area contributed by atoms with E-state index in [4.69, 9.17) is 9.15 Å². The molecule has 0 radical (unpaired) electrons. The van der Waals surface area contributed by atoms with Gasteiger partial charge in [0.1, 0.15) is 11.2 Å². The molecule has 3 aromatic rings. The number of hydrogen-bond acceptors (Lipinski definition) is 5. The van der Waals surface area contributed by atoms with Crippen molar-refractivity contribution in [3.63, 3.8) is 0 Å². The summed E-state index contributed by atoms with van der Waals surface area (Å²) in [6, 6.07) is 7.85.